The molecule has 0 radical (unpaired) electrons. The molecule has 0 saturated heterocycles. The maximum Gasteiger partial charge on any atom is 0.260 e. The number of ether oxygens (including phenoxy) is 1. The summed E-state index contributed by atoms with van der Waals surface area (Å²) in [6.45, 7) is 0. The number of hydrogen-bond acceptors (Lipinski definition) is 6. The molecule has 4 aromatic rings. The van der Waals surface area contributed by atoms with E-state index in [0.29, 0.717) is 32.8 Å². The number of hydrogen-bond donors (Lipinski definition) is 2. The predicted molar refractivity (Wildman–Crippen MR) is 134 cm³/mol. The minimum absolute atomic E-state index is 0.0802. The standard InChI is InChI=1S/C24H20ClN3O3S2/c25-14-10-11-18(31-15-6-2-1-3-7-15)17(12-14)26-20(29)13-32-24-27-22(30)21-16-8-4-5-9-19(16)33-23(21)28-24/h1-3,6-7,10-12H,4-5,8-9,13H2,(H,26,29)(H,27,28,30). The molecule has 5 rings (SSSR count). The molecule has 0 atom stereocenters. The minimum Gasteiger partial charge on any atom is -0.455 e. The quantitative estimate of drug-likeness (QED) is 0.250. The number of aromatic amines is 1. The molecule has 2 aromatic heterocycles. The van der Waals surface area contributed by atoms with Gasteiger partial charge in [0.25, 0.3) is 5.56 Å². The number of anilines is 1. The van der Waals surface area contributed by atoms with Crippen LogP contribution in [-0.4, -0.2) is 21.6 Å². The van der Waals surface area contributed by atoms with E-state index in [2.05, 4.69) is 15.3 Å². The van der Waals surface area contributed by atoms with Gasteiger partial charge in [0.05, 0.1) is 16.8 Å². The number of aromatic nitrogens is 2. The SMILES string of the molecule is O=C(CSc1nc2sc3c(c2c(=O)[nH]1)CCCC3)Nc1cc(Cl)ccc1Oc1ccccc1. The zero-order valence-electron chi connectivity index (χ0n) is 17.5. The molecule has 0 saturated carbocycles. The van der Waals surface area contributed by atoms with Gasteiger partial charge in [0, 0.05) is 9.90 Å². The molecule has 2 aromatic carbocycles. The van der Waals surface area contributed by atoms with Crippen molar-refractivity contribution in [3.8, 4) is 11.5 Å². The van der Waals surface area contributed by atoms with Gasteiger partial charge in [-0.15, -0.1) is 11.3 Å². The van der Waals surface area contributed by atoms with Gasteiger partial charge in [0.1, 0.15) is 10.6 Å². The van der Waals surface area contributed by atoms with E-state index in [1.165, 1.54) is 16.6 Å². The minimum atomic E-state index is -0.256. The molecule has 2 N–H and O–H groups in total. The molecule has 0 aliphatic heterocycles. The van der Waals surface area contributed by atoms with Crippen LogP contribution in [0.15, 0.2) is 58.5 Å². The van der Waals surface area contributed by atoms with Crippen molar-refractivity contribution in [2.24, 2.45) is 0 Å². The van der Waals surface area contributed by atoms with Gasteiger partial charge in [0.2, 0.25) is 5.91 Å². The first-order valence-corrected chi connectivity index (χ1v) is 12.7. The third-order valence-corrected chi connectivity index (χ3v) is 7.62. The van der Waals surface area contributed by atoms with Crippen molar-refractivity contribution in [2.75, 3.05) is 11.1 Å². The lowest BCUT2D eigenvalue weighted by Gasteiger charge is -2.12. The van der Waals surface area contributed by atoms with Crippen LogP contribution in [0.1, 0.15) is 23.3 Å². The van der Waals surface area contributed by atoms with E-state index in [0.717, 1.165) is 36.1 Å². The van der Waals surface area contributed by atoms with Gasteiger partial charge in [-0.3, -0.25) is 9.59 Å². The maximum absolute atomic E-state index is 12.7. The Kier molecular flexibility index (Phi) is 6.39. The number of nitrogens with one attached hydrogen (secondary N) is 2. The number of H-pyrrole nitrogens is 1. The van der Waals surface area contributed by atoms with Crippen molar-refractivity contribution >= 4 is 56.5 Å². The van der Waals surface area contributed by atoms with Crippen LogP contribution in [0, 0.1) is 0 Å². The molecule has 6 nitrogen and oxygen atoms in total. The number of fused-ring (bicyclic) bond motifs is 3. The third kappa shape index (κ3) is 4.93. The molecular weight excluding hydrogens is 478 g/mol. The van der Waals surface area contributed by atoms with Gasteiger partial charge in [-0.25, -0.2) is 4.98 Å². The van der Waals surface area contributed by atoms with Crippen LogP contribution in [0.3, 0.4) is 0 Å². The van der Waals surface area contributed by atoms with E-state index in [9.17, 15) is 9.59 Å². The molecule has 33 heavy (non-hydrogen) atoms. The number of carbonyl (C=O) groups excluding carboxylic acids is 1. The third-order valence-electron chi connectivity index (χ3n) is 5.33. The lowest BCUT2D eigenvalue weighted by atomic mass is 9.97. The van der Waals surface area contributed by atoms with E-state index in [-0.39, 0.29) is 17.2 Å². The zero-order valence-corrected chi connectivity index (χ0v) is 19.9. The van der Waals surface area contributed by atoms with Gasteiger partial charge in [0.15, 0.2) is 10.9 Å². The van der Waals surface area contributed by atoms with Crippen molar-refractivity contribution in [2.45, 2.75) is 30.8 Å². The second-order valence-electron chi connectivity index (χ2n) is 7.65. The highest BCUT2D eigenvalue weighted by Crippen LogP contribution is 2.35. The first kappa shape index (κ1) is 22.0. The summed E-state index contributed by atoms with van der Waals surface area (Å²) in [4.78, 5) is 34.8. The summed E-state index contributed by atoms with van der Waals surface area (Å²) >= 11 is 8.92. The summed E-state index contributed by atoms with van der Waals surface area (Å²) in [5.41, 5.74) is 1.49. The number of halogens is 1. The highest BCUT2D eigenvalue weighted by Gasteiger charge is 2.20. The first-order valence-electron chi connectivity index (χ1n) is 10.6. The number of aryl methyl sites for hydroxylation is 2. The van der Waals surface area contributed by atoms with Crippen molar-refractivity contribution in [3.05, 3.63) is 74.3 Å². The molecule has 168 valence electrons. The molecular formula is C24H20ClN3O3S2. The predicted octanol–water partition coefficient (Wildman–Crippen LogP) is 6.04. The van der Waals surface area contributed by atoms with Crippen molar-refractivity contribution in [3.63, 3.8) is 0 Å². The smallest absolute Gasteiger partial charge is 0.260 e. The van der Waals surface area contributed by atoms with Crippen LogP contribution >= 0.6 is 34.7 Å². The average molecular weight is 498 g/mol. The monoisotopic (exact) mass is 497 g/mol. The topological polar surface area (TPSA) is 84.1 Å². The van der Waals surface area contributed by atoms with Gasteiger partial charge in [-0.2, -0.15) is 0 Å². The molecule has 1 amide bonds. The summed E-state index contributed by atoms with van der Waals surface area (Å²) in [6.07, 6.45) is 4.20. The number of para-hydroxylation sites is 1. The Labute approximate surface area is 203 Å². The Morgan fingerprint density at radius 2 is 2.00 bits per heavy atom. The fourth-order valence-corrected chi connectivity index (χ4v) is 5.99. The largest absolute Gasteiger partial charge is 0.455 e. The lowest BCUT2D eigenvalue weighted by molar-refractivity contribution is -0.113. The summed E-state index contributed by atoms with van der Waals surface area (Å²) in [7, 11) is 0. The summed E-state index contributed by atoms with van der Waals surface area (Å²) in [5.74, 6) is 0.962. The molecule has 0 bridgehead atoms. The van der Waals surface area contributed by atoms with E-state index >= 15 is 0 Å². The van der Waals surface area contributed by atoms with Crippen LogP contribution in [0.4, 0.5) is 5.69 Å². The zero-order chi connectivity index (χ0) is 22.8. The number of thioether (sulfide) groups is 1. The van der Waals surface area contributed by atoms with Crippen LogP contribution in [-0.2, 0) is 17.6 Å². The second-order valence-corrected chi connectivity index (χ2v) is 10.1. The summed E-state index contributed by atoms with van der Waals surface area (Å²) in [6, 6.07) is 14.4. The molecule has 0 fully saturated rings. The Bertz CT molecular complexity index is 1390. The summed E-state index contributed by atoms with van der Waals surface area (Å²) < 4.78 is 5.89. The maximum atomic E-state index is 12.7. The Morgan fingerprint density at radius 1 is 1.18 bits per heavy atom. The van der Waals surface area contributed by atoms with Gasteiger partial charge in [-0.1, -0.05) is 41.6 Å². The van der Waals surface area contributed by atoms with E-state index < -0.39 is 0 Å². The van der Waals surface area contributed by atoms with E-state index in [1.54, 1.807) is 29.5 Å². The van der Waals surface area contributed by atoms with Crippen molar-refractivity contribution < 1.29 is 9.53 Å². The fourth-order valence-electron chi connectivity index (χ4n) is 3.84. The van der Waals surface area contributed by atoms with E-state index in [4.69, 9.17) is 16.3 Å². The van der Waals surface area contributed by atoms with Crippen LogP contribution < -0.4 is 15.6 Å². The molecule has 1 aliphatic rings. The molecule has 0 unspecified atom stereocenters. The van der Waals surface area contributed by atoms with E-state index in [1.807, 2.05) is 30.3 Å². The van der Waals surface area contributed by atoms with Crippen molar-refractivity contribution in [1.29, 1.82) is 0 Å². The second kappa shape index (κ2) is 9.59. The normalized spacial score (nSPS) is 13.0. The Balaban J connectivity index is 1.30. The molecule has 1 aliphatic carbocycles. The molecule has 9 heteroatoms. The van der Waals surface area contributed by atoms with Gasteiger partial charge in [-0.05, 0) is 61.6 Å². The van der Waals surface area contributed by atoms with Gasteiger partial charge < -0.3 is 15.0 Å². The van der Waals surface area contributed by atoms with Crippen LogP contribution in [0.25, 0.3) is 10.2 Å². The van der Waals surface area contributed by atoms with Crippen LogP contribution in [0.5, 0.6) is 11.5 Å². The Hall–Kier alpha value is -2.81. The fraction of sp³-hybridized carbons (Fsp3) is 0.208. The number of nitrogens with zero attached hydrogens (tertiary/aromatic N) is 1. The molecule has 2 heterocycles. The lowest BCUT2D eigenvalue weighted by Crippen LogP contribution is -2.16. The first-order chi connectivity index (χ1) is 16.1. The van der Waals surface area contributed by atoms with Crippen molar-refractivity contribution in [1.82, 2.24) is 9.97 Å². The number of carbonyl (C=O) groups is 1. The molecule has 0 spiro atoms. The summed E-state index contributed by atoms with van der Waals surface area (Å²) in [5, 5.41) is 4.48. The highest BCUT2D eigenvalue weighted by molar-refractivity contribution is 7.99. The van der Waals surface area contributed by atoms with Gasteiger partial charge >= 0.3 is 0 Å². The number of benzene rings is 2. The number of amides is 1. The number of rotatable bonds is 6. The van der Waals surface area contributed by atoms with Crippen LogP contribution in [0.2, 0.25) is 5.02 Å². The number of thiophene rings is 1. The highest BCUT2D eigenvalue weighted by atomic mass is 35.5. The average Bonchev–Trinajstić information content (AvgIpc) is 3.19. The Morgan fingerprint density at radius 3 is 2.85 bits per heavy atom.